The maximum Gasteiger partial charge on any atom is 0.314 e. The molecule has 4 aromatic rings. The molecule has 2 aromatic heterocycles. The van der Waals surface area contributed by atoms with E-state index < -0.39 is 0 Å². The van der Waals surface area contributed by atoms with Gasteiger partial charge in [-0.25, -0.2) is 4.98 Å². The molecule has 0 atom stereocenters. The first-order valence-corrected chi connectivity index (χ1v) is 15.4. The van der Waals surface area contributed by atoms with Crippen LogP contribution in [0.2, 0.25) is 0 Å². The summed E-state index contributed by atoms with van der Waals surface area (Å²) in [5, 5.41) is 1.51. The molecule has 0 aliphatic heterocycles. The Morgan fingerprint density at radius 2 is 1.26 bits per heavy atom. The SMILES string of the molecule is CC(=O)C1CCC(C(=O)Oc2ccc(OC(=O)C3CCC(C(C)=O)CC3)c3sc(-c4cc5ccccc5o4)nc23)CC1. The lowest BCUT2D eigenvalue weighted by atomic mass is 9.80. The second-order valence-corrected chi connectivity index (χ2v) is 12.6. The number of carbonyl (C=O) groups is 4. The maximum absolute atomic E-state index is 13.2. The van der Waals surface area contributed by atoms with Gasteiger partial charge in [-0.3, -0.25) is 19.2 Å². The Kier molecular flexibility index (Phi) is 7.94. The van der Waals surface area contributed by atoms with Crippen LogP contribution in [-0.2, 0) is 19.2 Å². The molecule has 9 heteroatoms. The summed E-state index contributed by atoms with van der Waals surface area (Å²) in [6, 6.07) is 12.9. The number of furan rings is 1. The largest absolute Gasteiger partial charge is 0.454 e. The van der Waals surface area contributed by atoms with Crippen LogP contribution >= 0.6 is 11.3 Å². The van der Waals surface area contributed by atoms with E-state index in [0.717, 1.165) is 11.0 Å². The zero-order valence-electron chi connectivity index (χ0n) is 23.7. The van der Waals surface area contributed by atoms with E-state index in [1.807, 2.05) is 30.3 Å². The lowest BCUT2D eigenvalue weighted by Crippen LogP contribution is -2.28. The van der Waals surface area contributed by atoms with Crippen molar-refractivity contribution in [2.75, 3.05) is 0 Å². The highest BCUT2D eigenvalue weighted by molar-refractivity contribution is 7.22. The van der Waals surface area contributed by atoms with Crippen LogP contribution < -0.4 is 9.47 Å². The Morgan fingerprint density at radius 3 is 1.83 bits per heavy atom. The van der Waals surface area contributed by atoms with Gasteiger partial charge in [-0.2, -0.15) is 0 Å². The van der Waals surface area contributed by atoms with E-state index in [2.05, 4.69) is 0 Å². The van der Waals surface area contributed by atoms with Crippen LogP contribution in [0.1, 0.15) is 65.2 Å². The molecular formula is C33H33NO7S. The lowest BCUT2D eigenvalue weighted by molar-refractivity contribution is -0.141. The van der Waals surface area contributed by atoms with Crippen LogP contribution in [0.25, 0.3) is 32.0 Å². The van der Waals surface area contributed by atoms with Crippen LogP contribution in [0.5, 0.6) is 11.5 Å². The number of rotatable bonds is 7. The van der Waals surface area contributed by atoms with Gasteiger partial charge in [0.2, 0.25) is 0 Å². The van der Waals surface area contributed by atoms with E-state index in [4.69, 9.17) is 18.9 Å². The molecule has 2 aliphatic carbocycles. The van der Waals surface area contributed by atoms with Gasteiger partial charge in [0.05, 0.1) is 11.8 Å². The van der Waals surface area contributed by atoms with Crippen molar-refractivity contribution >= 4 is 56.0 Å². The van der Waals surface area contributed by atoms with Crippen molar-refractivity contribution < 1.29 is 33.1 Å². The topological polar surface area (TPSA) is 113 Å². The molecule has 2 heterocycles. The Hall–Kier alpha value is -3.85. The fourth-order valence-corrected chi connectivity index (χ4v) is 7.15. The predicted octanol–water partition coefficient (Wildman–Crippen LogP) is 7.31. The number of ether oxygens (including phenoxy) is 2. The molecule has 0 radical (unpaired) electrons. The van der Waals surface area contributed by atoms with Gasteiger partial charge in [-0.05, 0) is 89.5 Å². The summed E-state index contributed by atoms with van der Waals surface area (Å²) >= 11 is 1.31. The Morgan fingerprint density at radius 1 is 0.738 bits per heavy atom. The summed E-state index contributed by atoms with van der Waals surface area (Å²) < 4.78 is 18.5. The fourth-order valence-electron chi connectivity index (χ4n) is 6.17. The molecule has 6 rings (SSSR count). The van der Waals surface area contributed by atoms with E-state index in [-0.39, 0.29) is 47.2 Å². The van der Waals surface area contributed by atoms with Crippen molar-refractivity contribution in [1.29, 1.82) is 0 Å². The normalized spacial score (nSPS) is 22.6. The van der Waals surface area contributed by atoms with Gasteiger partial charge in [-0.15, -0.1) is 11.3 Å². The summed E-state index contributed by atoms with van der Waals surface area (Å²) in [7, 11) is 0. The third-order valence-corrected chi connectivity index (χ3v) is 9.88. The Labute approximate surface area is 247 Å². The molecule has 0 amide bonds. The molecule has 8 nitrogen and oxygen atoms in total. The zero-order chi connectivity index (χ0) is 29.4. The smallest absolute Gasteiger partial charge is 0.314 e. The van der Waals surface area contributed by atoms with Gasteiger partial charge in [0.15, 0.2) is 22.3 Å². The van der Waals surface area contributed by atoms with Crippen molar-refractivity contribution in [2.45, 2.75) is 65.2 Å². The minimum absolute atomic E-state index is 0.0112. The van der Waals surface area contributed by atoms with Gasteiger partial charge in [0.25, 0.3) is 0 Å². The number of benzene rings is 2. The zero-order valence-corrected chi connectivity index (χ0v) is 24.5. The lowest BCUT2D eigenvalue weighted by Gasteiger charge is -2.25. The first kappa shape index (κ1) is 28.3. The van der Waals surface area contributed by atoms with Crippen LogP contribution in [0.4, 0.5) is 0 Å². The highest BCUT2D eigenvalue weighted by Gasteiger charge is 2.32. The van der Waals surface area contributed by atoms with Gasteiger partial charge in [-0.1, -0.05) is 18.2 Å². The van der Waals surface area contributed by atoms with Gasteiger partial charge >= 0.3 is 11.9 Å². The summed E-state index contributed by atoms with van der Waals surface area (Å²) in [6.45, 7) is 3.21. The molecule has 2 fully saturated rings. The summed E-state index contributed by atoms with van der Waals surface area (Å²) in [5.74, 6) is 0.341. The quantitative estimate of drug-likeness (QED) is 0.163. The van der Waals surface area contributed by atoms with Crippen LogP contribution in [0.15, 0.2) is 46.9 Å². The number of nitrogens with zero attached hydrogens (tertiary/aromatic N) is 1. The van der Waals surface area contributed by atoms with Crippen molar-refractivity contribution in [3.05, 3.63) is 42.5 Å². The van der Waals surface area contributed by atoms with Crippen LogP contribution in [0.3, 0.4) is 0 Å². The van der Waals surface area contributed by atoms with Crippen molar-refractivity contribution in [2.24, 2.45) is 23.7 Å². The monoisotopic (exact) mass is 587 g/mol. The number of hydrogen-bond acceptors (Lipinski definition) is 9. The highest BCUT2D eigenvalue weighted by atomic mass is 32.1. The number of hydrogen-bond donors (Lipinski definition) is 0. The second-order valence-electron chi connectivity index (χ2n) is 11.6. The maximum atomic E-state index is 13.2. The summed E-state index contributed by atoms with van der Waals surface area (Å²) in [4.78, 5) is 54.7. The minimum Gasteiger partial charge on any atom is -0.454 e. The molecular weight excluding hydrogens is 554 g/mol. The summed E-state index contributed by atoms with van der Waals surface area (Å²) in [5.41, 5.74) is 1.15. The molecule has 0 spiro atoms. The number of aromatic nitrogens is 1. The van der Waals surface area contributed by atoms with Gasteiger partial charge in [0.1, 0.15) is 27.4 Å². The molecule has 2 saturated carbocycles. The number of thiazole rings is 1. The van der Waals surface area contributed by atoms with Crippen molar-refractivity contribution in [3.63, 3.8) is 0 Å². The molecule has 0 saturated heterocycles. The third kappa shape index (κ3) is 5.75. The molecule has 2 aromatic carbocycles. The molecule has 0 bridgehead atoms. The first-order chi connectivity index (χ1) is 20.3. The molecule has 218 valence electrons. The molecule has 0 N–H and O–H groups in total. The van der Waals surface area contributed by atoms with Gasteiger partial charge in [0, 0.05) is 17.2 Å². The van der Waals surface area contributed by atoms with Crippen LogP contribution in [-0.4, -0.2) is 28.5 Å². The second kappa shape index (κ2) is 11.8. The average molecular weight is 588 g/mol. The van der Waals surface area contributed by atoms with Crippen LogP contribution in [0, 0.1) is 23.7 Å². The van der Waals surface area contributed by atoms with E-state index in [1.165, 1.54) is 11.3 Å². The molecule has 2 aliphatic rings. The number of Topliss-reactive ketones (excluding diaryl/α,β-unsaturated/α-hetero) is 2. The number of carbonyl (C=O) groups excluding carboxylic acids is 4. The Bertz CT molecular complexity index is 1550. The van der Waals surface area contributed by atoms with Crippen molar-refractivity contribution in [1.82, 2.24) is 4.98 Å². The molecule has 42 heavy (non-hydrogen) atoms. The average Bonchev–Trinajstić information content (AvgIpc) is 3.64. The number of ketones is 2. The third-order valence-electron chi connectivity index (χ3n) is 8.80. The predicted molar refractivity (Wildman–Crippen MR) is 158 cm³/mol. The fraction of sp³-hybridized carbons (Fsp3) is 0.424. The van der Waals surface area contributed by atoms with E-state index >= 15 is 0 Å². The van der Waals surface area contributed by atoms with E-state index in [9.17, 15) is 19.2 Å². The number of fused-ring (bicyclic) bond motifs is 2. The van der Waals surface area contributed by atoms with E-state index in [1.54, 1.807) is 26.0 Å². The number of esters is 2. The number of para-hydroxylation sites is 1. The molecule has 0 unspecified atom stereocenters. The highest BCUT2D eigenvalue weighted by Crippen LogP contribution is 2.43. The van der Waals surface area contributed by atoms with Crippen molar-refractivity contribution in [3.8, 4) is 22.3 Å². The minimum atomic E-state index is -0.344. The summed E-state index contributed by atoms with van der Waals surface area (Å²) in [6.07, 6.45) is 5.17. The van der Waals surface area contributed by atoms with Gasteiger partial charge < -0.3 is 13.9 Å². The standard InChI is InChI=1S/C33H33NO7S/c1-18(35)20-7-11-22(12-8-20)32(37)40-26-15-16-27(41-33(38)23-13-9-21(10-14-23)19(2)36)30-29(26)34-31(42-30)28-17-24-5-3-4-6-25(24)39-28/h3-6,15-17,20-23H,7-14H2,1-2H3. The first-order valence-electron chi connectivity index (χ1n) is 14.6. The Balaban J connectivity index is 1.28. The van der Waals surface area contributed by atoms with E-state index in [0.29, 0.717) is 83.9 Å².